The van der Waals surface area contributed by atoms with Crippen LogP contribution in [0.2, 0.25) is 0 Å². The molecule has 4 N–H and O–H groups in total. The van der Waals surface area contributed by atoms with Crippen LogP contribution in [0, 0.1) is 5.92 Å². The third-order valence-electron chi connectivity index (χ3n) is 5.58. The fraction of sp³-hybridized carbons (Fsp3) is 0.810. The molecule has 1 rings (SSSR count). The van der Waals surface area contributed by atoms with Crippen molar-refractivity contribution >= 4 is 23.9 Å². The molecule has 1 fully saturated rings. The standard InChI is InChI=1S/C21H38N4O8/c1-2-4-17-11-24(15-20(30)31)9-7-22(13-18(26)27)5-3-6-23(14-19(28)29)8-10-25(12-17)16-21(32)33/h17H,2-16H2,1H3,(H,26,27)(H,28,29)(H,30,31)(H,32,33). The van der Waals surface area contributed by atoms with E-state index in [1.165, 1.54) is 0 Å². The lowest BCUT2D eigenvalue weighted by Gasteiger charge is -2.33. The summed E-state index contributed by atoms with van der Waals surface area (Å²) >= 11 is 0. The van der Waals surface area contributed by atoms with Gasteiger partial charge in [0.2, 0.25) is 0 Å². The van der Waals surface area contributed by atoms with Crippen LogP contribution >= 0.6 is 0 Å². The normalized spacial score (nSPS) is 19.7. The summed E-state index contributed by atoms with van der Waals surface area (Å²) in [6.07, 6.45) is 2.17. The van der Waals surface area contributed by atoms with Crippen LogP contribution in [0.25, 0.3) is 0 Å². The van der Waals surface area contributed by atoms with Gasteiger partial charge < -0.3 is 20.4 Å². The molecule has 190 valence electrons. The molecule has 0 radical (unpaired) electrons. The first-order chi connectivity index (χ1) is 15.6. The first-order valence-corrected chi connectivity index (χ1v) is 11.4. The lowest BCUT2D eigenvalue weighted by Crippen LogP contribution is -2.47. The number of aliphatic carboxylic acids is 4. The van der Waals surface area contributed by atoms with E-state index in [2.05, 4.69) is 0 Å². The Kier molecular flexibility index (Phi) is 13.5. The fourth-order valence-corrected chi connectivity index (χ4v) is 4.24. The summed E-state index contributed by atoms with van der Waals surface area (Å²) in [4.78, 5) is 52.5. The Morgan fingerprint density at radius 3 is 1.27 bits per heavy atom. The van der Waals surface area contributed by atoms with Gasteiger partial charge in [-0.15, -0.1) is 0 Å². The van der Waals surface area contributed by atoms with Gasteiger partial charge in [0.15, 0.2) is 0 Å². The van der Waals surface area contributed by atoms with Gasteiger partial charge >= 0.3 is 23.9 Å². The molecule has 0 atom stereocenters. The van der Waals surface area contributed by atoms with Crippen LogP contribution in [0.4, 0.5) is 0 Å². The van der Waals surface area contributed by atoms with Gasteiger partial charge in [-0.25, -0.2) is 0 Å². The third kappa shape index (κ3) is 13.8. The highest BCUT2D eigenvalue weighted by atomic mass is 16.4. The van der Waals surface area contributed by atoms with Crippen LogP contribution in [0.3, 0.4) is 0 Å². The first kappa shape index (κ1) is 28.8. The van der Waals surface area contributed by atoms with E-state index < -0.39 is 23.9 Å². The summed E-state index contributed by atoms with van der Waals surface area (Å²) in [6.45, 7) is 4.57. The highest BCUT2D eigenvalue weighted by Crippen LogP contribution is 2.13. The zero-order valence-corrected chi connectivity index (χ0v) is 19.4. The van der Waals surface area contributed by atoms with E-state index in [-0.39, 0.29) is 32.1 Å². The number of rotatable bonds is 10. The van der Waals surface area contributed by atoms with Crippen molar-refractivity contribution in [2.75, 3.05) is 78.5 Å². The monoisotopic (exact) mass is 474 g/mol. The van der Waals surface area contributed by atoms with Crippen molar-refractivity contribution in [1.82, 2.24) is 19.6 Å². The summed E-state index contributed by atoms with van der Waals surface area (Å²) < 4.78 is 0. The van der Waals surface area contributed by atoms with Crippen molar-refractivity contribution in [3.8, 4) is 0 Å². The van der Waals surface area contributed by atoms with Gasteiger partial charge in [-0.1, -0.05) is 13.3 Å². The number of carboxylic acids is 4. The molecule has 0 spiro atoms. The molecular weight excluding hydrogens is 436 g/mol. The molecule has 0 aromatic carbocycles. The fourth-order valence-electron chi connectivity index (χ4n) is 4.24. The zero-order valence-electron chi connectivity index (χ0n) is 19.4. The van der Waals surface area contributed by atoms with Gasteiger partial charge in [0, 0.05) is 52.4 Å². The van der Waals surface area contributed by atoms with E-state index in [1.807, 2.05) is 6.92 Å². The van der Waals surface area contributed by atoms with E-state index in [4.69, 9.17) is 0 Å². The topological polar surface area (TPSA) is 162 Å². The summed E-state index contributed by atoms with van der Waals surface area (Å²) in [6, 6.07) is 0. The second kappa shape index (κ2) is 15.5. The van der Waals surface area contributed by atoms with Crippen molar-refractivity contribution in [1.29, 1.82) is 0 Å². The van der Waals surface area contributed by atoms with E-state index in [0.717, 1.165) is 12.8 Å². The molecule has 0 bridgehead atoms. The number of hydrogen-bond acceptors (Lipinski definition) is 8. The summed E-state index contributed by atoms with van der Waals surface area (Å²) in [7, 11) is 0. The van der Waals surface area contributed by atoms with Crippen molar-refractivity contribution in [2.45, 2.75) is 26.2 Å². The van der Waals surface area contributed by atoms with Crippen LogP contribution in [-0.2, 0) is 19.2 Å². The molecule has 0 aromatic heterocycles. The molecule has 1 aliphatic heterocycles. The van der Waals surface area contributed by atoms with Crippen LogP contribution in [0.15, 0.2) is 0 Å². The molecule has 0 aliphatic carbocycles. The van der Waals surface area contributed by atoms with Crippen LogP contribution in [0.1, 0.15) is 26.2 Å². The first-order valence-electron chi connectivity index (χ1n) is 11.4. The van der Waals surface area contributed by atoms with Gasteiger partial charge in [0.25, 0.3) is 0 Å². The smallest absolute Gasteiger partial charge is 0.317 e. The van der Waals surface area contributed by atoms with Gasteiger partial charge in [-0.2, -0.15) is 0 Å². The average Bonchev–Trinajstić information content (AvgIpc) is 2.67. The lowest BCUT2D eigenvalue weighted by molar-refractivity contribution is -0.141. The second-order valence-corrected chi connectivity index (χ2v) is 8.61. The quantitative estimate of drug-likeness (QED) is 0.317. The third-order valence-corrected chi connectivity index (χ3v) is 5.58. The summed E-state index contributed by atoms with van der Waals surface area (Å²) in [5, 5.41) is 37.2. The minimum atomic E-state index is -0.975. The van der Waals surface area contributed by atoms with Gasteiger partial charge in [0.05, 0.1) is 26.2 Å². The predicted molar refractivity (Wildman–Crippen MR) is 119 cm³/mol. The van der Waals surface area contributed by atoms with Crippen LogP contribution in [-0.4, -0.2) is 142 Å². The Labute approximate surface area is 194 Å². The largest absolute Gasteiger partial charge is 0.480 e. The predicted octanol–water partition coefficient (Wildman–Crippen LogP) is -0.647. The summed E-state index contributed by atoms with van der Waals surface area (Å²) in [5.74, 6) is -3.86. The van der Waals surface area contributed by atoms with Crippen LogP contribution < -0.4 is 0 Å². The highest BCUT2D eigenvalue weighted by molar-refractivity contribution is 5.70. The van der Waals surface area contributed by atoms with Crippen molar-refractivity contribution in [2.24, 2.45) is 5.92 Å². The molecule has 12 nitrogen and oxygen atoms in total. The molecule has 12 heteroatoms. The maximum Gasteiger partial charge on any atom is 0.317 e. The molecular formula is C21H38N4O8. The van der Waals surface area contributed by atoms with Gasteiger partial charge in [-0.3, -0.25) is 38.8 Å². The molecule has 33 heavy (non-hydrogen) atoms. The molecule has 0 unspecified atom stereocenters. The molecule has 1 aliphatic rings. The van der Waals surface area contributed by atoms with Gasteiger partial charge in [-0.05, 0) is 18.8 Å². The van der Waals surface area contributed by atoms with E-state index in [1.54, 1.807) is 19.6 Å². The molecule has 1 saturated heterocycles. The maximum absolute atomic E-state index is 11.4. The van der Waals surface area contributed by atoms with Crippen LogP contribution in [0.5, 0.6) is 0 Å². The summed E-state index contributed by atoms with van der Waals surface area (Å²) in [5.41, 5.74) is 0. The Hall–Kier alpha value is -2.28. The number of carbonyl (C=O) groups is 4. The van der Waals surface area contributed by atoms with Gasteiger partial charge in [0.1, 0.15) is 0 Å². The van der Waals surface area contributed by atoms with Crippen molar-refractivity contribution in [3.05, 3.63) is 0 Å². The van der Waals surface area contributed by atoms with E-state index >= 15 is 0 Å². The Morgan fingerprint density at radius 1 is 0.606 bits per heavy atom. The molecule has 0 amide bonds. The molecule has 1 heterocycles. The average molecular weight is 475 g/mol. The Morgan fingerprint density at radius 2 is 0.939 bits per heavy atom. The minimum Gasteiger partial charge on any atom is -0.480 e. The maximum atomic E-state index is 11.4. The second-order valence-electron chi connectivity index (χ2n) is 8.61. The molecule has 0 saturated carbocycles. The van der Waals surface area contributed by atoms with Crippen molar-refractivity contribution in [3.63, 3.8) is 0 Å². The zero-order chi connectivity index (χ0) is 24.8. The van der Waals surface area contributed by atoms with E-state index in [0.29, 0.717) is 58.8 Å². The Bertz CT molecular complexity index is 598. The van der Waals surface area contributed by atoms with Crippen molar-refractivity contribution < 1.29 is 39.6 Å². The van der Waals surface area contributed by atoms with E-state index in [9.17, 15) is 39.6 Å². The number of carboxylic acid groups (broad SMARTS) is 4. The number of hydrogen-bond donors (Lipinski definition) is 4. The molecule has 0 aromatic rings. The minimum absolute atomic E-state index is 0.0255. The Balaban J connectivity index is 3.10. The number of nitrogens with zero attached hydrogens (tertiary/aromatic N) is 4. The lowest BCUT2D eigenvalue weighted by atomic mass is 10.0. The highest BCUT2D eigenvalue weighted by Gasteiger charge is 2.23. The SMILES string of the molecule is CCCC1CN(CC(=O)O)CCN(CC(=O)O)CCCN(CC(=O)O)CCN(CC(=O)O)C1.